The van der Waals surface area contributed by atoms with E-state index in [1.807, 2.05) is 32.0 Å². The van der Waals surface area contributed by atoms with Gasteiger partial charge in [-0.1, -0.05) is 62.4 Å². The van der Waals surface area contributed by atoms with Crippen molar-refractivity contribution in [2.45, 2.75) is 37.4 Å². The fourth-order valence-electron chi connectivity index (χ4n) is 4.83. The summed E-state index contributed by atoms with van der Waals surface area (Å²) >= 11 is 0. The van der Waals surface area contributed by atoms with Gasteiger partial charge in [-0.15, -0.1) is 0 Å². The molecule has 0 aliphatic heterocycles. The summed E-state index contributed by atoms with van der Waals surface area (Å²) in [5, 5.41) is 10.1. The topological polar surface area (TPSA) is 102 Å². The molecule has 7 nitrogen and oxygen atoms in total. The van der Waals surface area contributed by atoms with Gasteiger partial charge >= 0.3 is 12.1 Å². The first-order chi connectivity index (χ1) is 22.3. The first-order valence-electron chi connectivity index (χ1n) is 14.5. The number of carboxylic acids is 1. The van der Waals surface area contributed by atoms with Crippen LogP contribution in [0.15, 0.2) is 120 Å². The van der Waals surface area contributed by atoms with Gasteiger partial charge in [-0.2, -0.15) is 13.2 Å². The van der Waals surface area contributed by atoms with Gasteiger partial charge in [0.05, 0.1) is 21.7 Å². The van der Waals surface area contributed by atoms with Crippen LogP contribution in [0.25, 0.3) is 11.1 Å². The normalized spacial score (nSPS) is 11.7. The molecule has 0 spiro atoms. The van der Waals surface area contributed by atoms with Crippen LogP contribution in [0.1, 0.15) is 46.8 Å². The quantitative estimate of drug-likeness (QED) is 0.146. The summed E-state index contributed by atoms with van der Waals surface area (Å²) in [6.45, 7) is 3.82. The number of anilines is 1. The van der Waals surface area contributed by atoms with Crippen molar-refractivity contribution in [3.63, 3.8) is 0 Å². The molecule has 0 atom stereocenters. The number of carbonyl (C=O) groups is 1. The van der Waals surface area contributed by atoms with E-state index >= 15 is 0 Å². The predicted molar refractivity (Wildman–Crippen MR) is 172 cm³/mol. The van der Waals surface area contributed by atoms with E-state index in [1.165, 1.54) is 48.5 Å². The summed E-state index contributed by atoms with van der Waals surface area (Å²) < 4.78 is 79.5. The van der Waals surface area contributed by atoms with Crippen LogP contribution >= 0.6 is 0 Å². The molecule has 0 radical (unpaired) electrons. The predicted octanol–water partition coefficient (Wildman–Crippen LogP) is 9.37. The third-order valence-electron chi connectivity index (χ3n) is 7.23. The van der Waals surface area contributed by atoms with Gasteiger partial charge in [-0.05, 0) is 94.9 Å². The van der Waals surface area contributed by atoms with Crippen LogP contribution in [0, 0.1) is 0 Å². The molecular weight excluding hydrogens is 631 g/mol. The highest BCUT2D eigenvalue weighted by atomic mass is 32.2. The largest absolute Gasteiger partial charge is 0.489 e. The van der Waals surface area contributed by atoms with Crippen LogP contribution in [0.3, 0.4) is 0 Å². The lowest BCUT2D eigenvalue weighted by Crippen LogP contribution is -2.16. The molecule has 5 aromatic rings. The van der Waals surface area contributed by atoms with Gasteiger partial charge in [-0.3, -0.25) is 4.72 Å². The van der Waals surface area contributed by atoms with Crippen LogP contribution in [-0.4, -0.2) is 19.5 Å². The van der Waals surface area contributed by atoms with Crippen molar-refractivity contribution >= 4 is 21.7 Å². The second kappa shape index (κ2) is 13.6. The van der Waals surface area contributed by atoms with Crippen LogP contribution in [0.4, 0.5) is 18.9 Å². The van der Waals surface area contributed by atoms with Gasteiger partial charge in [0.15, 0.2) is 0 Å². The average molecular weight is 662 g/mol. The second-order valence-corrected chi connectivity index (χ2v) is 12.6. The molecule has 0 saturated carbocycles. The summed E-state index contributed by atoms with van der Waals surface area (Å²) in [7, 11) is -4.17. The molecule has 0 aliphatic rings. The zero-order chi connectivity index (χ0) is 33.8. The van der Waals surface area contributed by atoms with E-state index in [0.717, 1.165) is 12.1 Å². The maximum atomic E-state index is 13.3. The zero-order valence-electron chi connectivity index (χ0n) is 25.3. The van der Waals surface area contributed by atoms with E-state index in [1.54, 1.807) is 36.4 Å². The van der Waals surface area contributed by atoms with Crippen molar-refractivity contribution in [1.82, 2.24) is 0 Å². The van der Waals surface area contributed by atoms with Gasteiger partial charge in [-0.25, -0.2) is 13.2 Å². The number of benzene rings is 5. The Hall–Kier alpha value is -5.29. The maximum Gasteiger partial charge on any atom is 0.416 e. The maximum absolute atomic E-state index is 13.3. The molecule has 0 saturated heterocycles. The number of aromatic carboxylic acids is 1. The van der Waals surface area contributed by atoms with Gasteiger partial charge in [0.1, 0.15) is 23.9 Å². The van der Waals surface area contributed by atoms with Gasteiger partial charge in [0, 0.05) is 0 Å². The Balaban J connectivity index is 1.37. The third kappa shape index (κ3) is 8.11. The van der Waals surface area contributed by atoms with Gasteiger partial charge in [0.25, 0.3) is 10.0 Å². The molecule has 0 aliphatic carbocycles. The van der Waals surface area contributed by atoms with Crippen LogP contribution in [0.5, 0.6) is 17.2 Å². The molecule has 242 valence electrons. The van der Waals surface area contributed by atoms with Crippen molar-refractivity contribution in [3.05, 3.63) is 138 Å². The van der Waals surface area contributed by atoms with Crippen LogP contribution in [-0.2, 0) is 22.8 Å². The zero-order valence-corrected chi connectivity index (χ0v) is 26.1. The number of nitrogens with one attached hydrogen (secondary N) is 1. The molecule has 2 N–H and O–H groups in total. The molecule has 5 aromatic carbocycles. The summed E-state index contributed by atoms with van der Waals surface area (Å²) in [4.78, 5) is 12.3. The number of hydrogen-bond acceptors (Lipinski definition) is 5. The van der Waals surface area contributed by atoms with Crippen molar-refractivity contribution in [2.75, 3.05) is 4.72 Å². The Morgan fingerprint density at radius 1 is 0.809 bits per heavy atom. The van der Waals surface area contributed by atoms with Crippen molar-refractivity contribution in [2.24, 2.45) is 0 Å². The molecule has 0 aromatic heterocycles. The number of hydrogen-bond donors (Lipinski definition) is 2. The fourth-order valence-corrected chi connectivity index (χ4v) is 5.90. The van der Waals surface area contributed by atoms with Gasteiger partial charge in [0.2, 0.25) is 0 Å². The van der Waals surface area contributed by atoms with E-state index in [4.69, 9.17) is 9.47 Å². The Bertz CT molecular complexity index is 1980. The molecule has 0 heterocycles. The molecular formula is C36H30F3NO6S. The Morgan fingerprint density at radius 2 is 1.45 bits per heavy atom. The Labute approximate surface area is 270 Å². The van der Waals surface area contributed by atoms with E-state index in [-0.39, 0.29) is 34.4 Å². The van der Waals surface area contributed by atoms with Crippen LogP contribution < -0.4 is 14.2 Å². The third-order valence-corrected chi connectivity index (χ3v) is 8.61. The number of rotatable bonds is 11. The second-order valence-electron chi connectivity index (χ2n) is 10.9. The highest BCUT2D eigenvalue weighted by Crippen LogP contribution is 2.36. The fraction of sp³-hybridized carbons (Fsp3) is 0.139. The minimum atomic E-state index is -4.48. The molecule has 47 heavy (non-hydrogen) atoms. The number of halogens is 3. The summed E-state index contributed by atoms with van der Waals surface area (Å²) in [6.07, 6.45) is -4.48. The smallest absolute Gasteiger partial charge is 0.416 e. The Morgan fingerprint density at radius 3 is 2.06 bits per heavy atom. The number of alkyl halides is 3. The van der Waals surface area contributed by atoms with Crippen molar-refractivity contribution in [3.8, 4) is 28.4 Å². The minimum Gasteiger partial charge on any atom is -0.489 e. The molecule has 0 fully saturated rings. The number of para-hydroxylation sites is 1. The highest BCUT2D eigenvalue weighted by molar-refractivity contribution is 7.92. The highest BCUT2D eigenvalue weighted by Gasteiger charge is 2.30. The lowest BCUT2D eigenvalue weighted by molar-refractivity contribution is -0.137. The van der Waals surface area contributed by atoms with Crippen molar-refractivity contribution in [1.29, 1.82) is 0 Å². The summed E-state index contributed by atoms with van der Waals surface area (Å²) in [5.41, 5.74) is 1.51. The summed E-state index contributed by atoms with van der Waals surface area (Å²) in [6, 6.07) is 29.3. The number of carboxylic acid groups (broad SMARTS) is 1. The van der Waals surface area contributed by atoms with Gasteiger partial charge < -0.3 is 14.6 Å². The summed E-state index contributed by atoms with van der Waals surface area (Å²) in [5.74, 6) is -0.342. The SMILES string of the molecule is CC(C)c1cc(NS(=O)(=O)c2ccc(Oc3ccccc3)cc2)c(C(=O)O)cc1-c1ccc(COc2cccc(C(F)(F)F)c2)cc1. The van der Waals surface area contributed by atoms with Crippen LogP contribution in [0.2, 0.25) is 0 Å². The first-order valence-corrected chi connectivity index (χ1v) is 15.9. The standard InChI is InChI=1S/C36H30F3NO6S/c1-23(2)31-21-34(40-47(43,44)30-17-15-28(16-18-30)46-27-8-4-3-5-9-27)33(35(41)42)20-32(31)25-13-11-24(12-14-25)22-45-29-10-6-7-26(19-29)36(37,38)39/h3-21,23,40H,22H2,1-2H3,(H,41,42). The molecule has 11 heteroatoms. The van der Waals surface area contributed by atoms with E-state index < -0.39 is 27.7 Å². The number of sulfonamides is 1. The van der Waals surface area contributed by atoms with Crippen molar-refractivity contribution < 1.29 is 41.0 Å². The minimum absolute atomic E-state index is 0.0130. The monoisotopic (exact) mass is 661 g/mol. The molecule has 5 rings (SSSR count). The van der Waals surface area contributed by atoms with E-state index in [0.29, 0.717) is 33.8 Å². The molecule has 0 amide bonds. The number of ether oxygens (including phenoxy) is 2. The van der Waals surface area contributed by atoms with E-state index in [9.17, 15) is 31.5 Å². The lowest BCUT2D eigenvalue weighted by atomic mass is 9.90. The van der Waals surface area contributed by atoms with E-state index in [2.05, 4.69) is 4.72 Å². The Kier molecular flexibility index (Phi) is 9.57. The first kappa shape index (κ1) is 33.1. The molecule has 0 unspecified atom stereocenters. The molecule has 0 bridgehead atoms. The average Bonchev–Trinajstić information content (AvgIpc) is 3.04. The lowest BCUT2D eigenvalue weighted by Gasteiger charge is -2.19.